The highest BCUT2D eigenvalue weighted by atomic mass is 16.5. The van der Waals surface area contributed by atoms with E-state index in [4.69, 9.17) is 14.9 Å². The number of nitrogens with one attached hydrogen (secondary N) is 2. The summed E-state index contributed by atoms with van der Waals surface area (Å²) in [5, 5.41) is 9.86. The summed E-state index contributed by atoms with van der Waals surface area (Å²) in [6.45, 7) is 3.89. The van der Waals surface area contributed by atoms with Crippen molar-refractivity contribution in [2.24, 2.45) is 0 Å². The molecule has 1 rings (SSSR count). The Morgan fingerprint density at radius 2 is 2.00 bits per heavy atom. The average Bonchev–Trinajstić information content (AvgIpc) is 2.34. The van der Waals surface area contributed by atoms with Crippen molar-refractivity contribution in [3.63, 3.8) is 0 Å². The van der Waals surface area contributed by atoms with Crippen LogP contribution in [0.25, 0.3) is 0 Å². The molecule has 0 aliphatic rings. The number of alkyl carbamates (subject to hydrolysis) is 1. The molecular formula is C13H18N2O3. The van der Waals surface area contributed by atoms with Gasteiger partial charge in [0.15, 0.2) is 0 Å². The Hall–Kier alpha value is -2.04. The molecule has 0 heterocycles. The summed E-state index contributed by atoms with van der Waals surface area (Å²) in [7, 11) is 0. The molecule has 1 amide bonds. The lowest BCUT2D eigenvalue weighted by Crippen LogP contribution is -2.31. The van der Waals surface area contributed by atoms with E-state index in [1.54, 1.807) is 0 Å². The van der Waals surface area contributed by atoms with Crippen LogP contribution in [-0.2, 0) is 16.1 Å². The lowest BCUT2D eigenvalue weighted by atomic mass is 10.2. The van der Waals surface area contributed by atoms with Crippen molar-refractivity contribution in [1.82, 2.24) is 5.32 Å². The van der Waals surface area contributed by atoms with Crippen molar-refractivity contribution in [2.75, 3.05) is 6.54 Å². The molecule has 5 nitrogen and oxygen atoms in total. The number of carbonyl (C=O) groups is 1. The monoisotopic (exact) mass is 250 g/mol. The number of amides is 1. The van der Waals surface area contributed by atoms with Crippen LogP contribution in [0.3, 0.4) is 0 Å². The van der Waals surface area contributed by atoms with E-state index in [-0.39, 0.29) is 25.2 Å². The maximum absolute atomic E-state index is 11.3. The third-order valence-corrected chi connectivity index (χ3v) is 1.98. The van der Waals surface area contributed by atoms with Crippen LogP contribution < -0.4 is 5.32 Å². The van der Waals surface area contributed by atoms with E-state index in [0.717, 1.165) is 5.56 Å². The molecule has 0 atom stereocenters. The second kappa shape index (κ2) is 7.32. The molecule has 18 heavy (non-hydrogen) atoms. The number of rotatable bonds is 5. The second-order valence-corrected chi connectivity index (χ2v) is 4.01. The predicted octanol–water partition coefficient (Wildman–Crippen LogP) is 2.32. The summed E-state index contributed by atoms with van der Waals surface area (Å²) in [5.41, 5.74) is 0.918. The van der Waals surface area contributed by atoms with Gasteiger partial charge in [0.25, 0.3) is 0 Å². The van der Waals surface area contributed by atoms with E-state index in [0.29, 0.717) is 0 Å². The molecule has 1 aromatic carbocycles. The molecular weight excluding hydrogens is 232 g/mol. The zero-order chi connectivity index (χ0) is 13.4. The van der Waals surface area contributed by atoms with Gasteiger partial charge in [-0.05, 0) is 19.4 Å². The molecule has 0 aliphatic carbocycles. The van der Waals surface area contributed by atoms with Gasteiger partial charge in [0.1, 0.15) is 6.61 Å². The molecule has 98 valence electrons. The Bertz CT molecular complexity index is 390. The Balaban J connectivity index is 2.20. The van der Waals surface area contributed by atoms with Crippen molar-refractivity contribution in [2.45, 2.75) is 26.6 Å². The third kappa shape index (κ3) is 5.89. The lowest BCUT2D eigenvalue weighted by Gasteiger charge is -2.11. The predicted molar refractivity (Wildman–Crippen MR) is 68.6 cm³/mol. The standard InChI is InChI=1S/C13H18N2O3/c1-10(2)18-12(14)8-15-13(16)17-9-11-6-4-3-5-7-11/h3-7,10,14H,8-9H2,1-2H3,(H,15,16). The fourth-order valence-electron chi connectivity index (χ4n) is 1.25. The first-order chi connectivity index (χ1) is 8.58. The molecule has 0 aromatic heterocycles. The third-order valence-electron chi connectivity index (χ3n) is 1.98. The van der Waals surface area contributed by atoms with Gasteiger partial charge in [0.05, 0.1) is 12.6 Å². The van der Waals surface area contributed by atoms with Gasteiger partial charge in [-0.3, -0.25) is 5.41 Å². The van der Waals surface area contributed by atoms with Gasteiger partial charge in [-0.15, -0.1) is 0 Å². The highest BCUT2D eigenvalue weighted by molar-refractivity contribution is 5.79. The van der Waals surface area contributed by atoms with Gasteiger partial charge in [0.2, 0.25) is 5.90 Å². The summed E-state index contributed by atoms with van der Waals surface area (Å²) >= 11 is 0. The minimum atomic E-state index is -0.559. The molecule has 0 radical (unpaired) electrons. The van der Waals surface area contributed by atoms with E-state index in [1.165, 1.54) is 0 Å². The van der Waals surface area contributed by atoms with Crippen molar-refractivity contribution in [1.29, 1.82) is 5.41 Å². The first-order valence-electron chi connectivity index (χ1n) is 5.76. The van der Waals surface area contributed by atoms with Gasteiger partial charge in [-0.1, -0.05) is 30.3 Å². The molecule has 5 heteroatoms. The quantitative estimate of drug-likeness (QED) is 0.622. The zero-order valence-electron chi connectivity index (χ0n) is 10.6. The number of carbonyl (C=O) groups excluding carboxylic acids is 1. The highest BCUT2D eigenvalue weighted by Gasteiger charge is 2.06. The fourth-order valence-corrected chi connectivity index (χ4v) is 1.25. The molecule has 0 aliphatic heterocycles. The largest absolute Gasteiger partial charge is 0.477 e. The Labute approximate surface area is 107 Å². The van der Waals surface area contributed by atoms with Crippen molar-refractivity contribution in [3.05, 3.63) is 35.9 Å². The number of ether oxygens (including phenoxy) is 2. The summed E-state index contributed by atoms with van der Waals surface area (Å²) in [5.74, 6) is 0.0154. The molecule has 0 bridgehead atoms. The Morgan fingerprint density at radius 3 is 2.61 bits per heavy atom. The Morgan fingerprint density at radius 1 is 1.33 bits per heavy atom. The van der Waals surface area contributed by atoms with E-state index in [2.05, 4.69) is 5.32 Å². The second-order valence-electron chi connectivity index (χ2n) is 4.01. The first kappa shape index (κ1) is 14.0. The highest BCUT2D eigenvalue weighted by Crippen LogP contribution is 2.00. The van der Waals surface area contributed by atoms with Gasteiger partial charge in [-0.25, -0.2) is 4.79 Å². The van der Waals surface area contributed by atoms with Crippen molar-refractivity contribution < 1.29 is 14.3 Å². The topological polar surface area (TPSA) is 71.4 Å². The van der Waals surface area contributed by atoms with E-state index >= 15 is 0 Å². The summed E-state index contributed by atoms with van der Waals surface area (Å²) in [6.07, 6.45) is -0.629. The van der Waals surface area contributed by atoms with Crippen LogP contribution in [0, 0.1) is 5.41 Å². The van der Waals surface area contributed by atoms with E-state index in [9.17, 15) is 4.79 Å². The molecule has 0 unspecified atom stereocenters. The number of hydrogen-bond donors (Lipinski definition) is 2. The molecule has 0 spiro atoms. The molecule has 2 N–H and O–H groups in total. The SMILES string of the molecule is CC(C)OC(=N)CNC(=O)OCc1ccccc1. The van der Waals surface area contributed by atoms with Crippen LogP contribution in [0.2, 0.25) is 0 Å². The fraction of sp³-hybridized carbons (Fsp3) is 0.385. The molecule has 1 aromatic rings. The number of benzene rings is 1. The van der Waals surface area contributed by atoms with Crippen LogP contribution in [0.1, 0.15) is 19.4 Å². The van der Waals surface area contributed by atoms with Crippen LogP contribution in [0.15, 0.2) is 30.3 Å². The normalized spacial score (nSPS) is 9.94. The summed E-state index contributed by atoms with van der Waals surface area (Å²) in [6, 6.07) is 9.40. The van der Waals surface area contributed by atoms with E-state index in [1.807, 2.05) is 44.2 Å². The molecule has 0 saturated carbocycles. The van der Waals surface area contributed by atoms with Crippen LogP contribution >= 0.6 is 0 Å². The van der Waals surface area contributed by atoms with Gasteiger partial charge in [0, 0.05) is 0 Å². The maximum atomic E-state index is 11.3. The lowest BCUT2D eigenvalue weighted by molar-refractivity contribution is 0.139. The van der Waals surface area contributed by atoms with Crippen LogP contribution in [0.5, 0.6) is 0 Å². The van der Waals surface area contributed by atoms with E-state index < -0.39 is 6.09 Å². The van der Waals surface area contributed by atoms with Crippen molar-refractivity contribution in [3.8, 4) is 0 Å². The number of hydrogen-bond acceptors (Lipinski definition) is 4. The minimum absolute atomic E-state index is 0.0154. The average molecular weight is 250 g/mol. The zero-order valence-corrected chi connectivity index (χ0v) is 10.6. The minimum Gasteiger partial charge on any atom is -0.477 e. The Kier molecular flexibility index (Phi) is 5.70. The van der Waals surface area contributed by atoms with Crippen LogP contribution in [-0.4, -0.2) is 24.6 Å². The van der Waals surface area contributed by atoms with Gasteiger partial charge < -0.3 is 14.8 Å². The molecule has 0 saturated heterocycles. The molecule has 0 fully saturated rings. The smallest absolute Gasteiger partial charge is 0.407 e. The van der Waals surface area contributed by atoms with Gasteiger partial charge in [-0.2, -0.15) is 0 Å². The summed E-state index contributed by atoms with van der Waals surface area (Å²) < 4.78 is 10.1. The maximum Gasteiger partial charge on any atom is 0.407 e. The van der Waals surface area contributed by atoms with Crippen molar-refractivity contribution >= 4 is 12.0 Å². The first-order valence-corrected chi connectivity index (χ1v) is 5.76. The van der Waals surface area contributed by atoms with Crippen LogP contribution in [0.4, 0.5) is 4.79 Å². The summed E-state index contributed by atoms with van der Waals surface area (Å²) in [4.78, 5) is 11.3. The van der Waals surface area contributed by atoms with Gasteiger partial charge >= 0.3 is 6.09 Å².